The summed E-state index contributed by atoms with van der Waals surface area (Å²) in [6, 6.07) is 7.79. The lowest BCUT2D eigenvalue weighted by molar-refractivity contribution is 0.119. The molecule has 0 aliphatic heterocycles. The lowest BCUT2D eigenvalue weighted by atomic mass is 10.3. The summed E-state index contributed by atoms with van der Waals surface area (Å²) in [6.07, 6.45) is 0.0206. The van der Waals surface area contributed by atoms with Gasteiger partial charge in [-0.05, 0) is 31.2 Å². The molecule has 26 heavy (non-hydrogen) atoms. The maximum absolute atomic E-state index is 5.71. The van der Waals surface area contributed by atoms with E-state index >= 15 is 0 Å². The summed E-state index contributed by atoms with van der Waals surface area (Å²) in [5.41, 5.74) is 1.01. The van der Waals surface area contributed by atoms with E-state index in [0.29, 0.717) is 19.7 Å². The number of ether oxygens (including phenoxy) is 2. The number of benzene rings is 1. The Hall–Kier alpha value is -1.64. The maximum atomic E-state index is 5.71. The fourth-order valence-corrected chi connectivity index (χ4v) is 3.35. The molecule has 2 rings (SSSR count). The van der Waals surface area contributed by atoms with Crippen LogP contribution in [0.5, 0.6) is 5.75 Å². The number of halogens is 1. The number of nitrogens with one attached hydrogen (secondary N) is 1. The summed E-state index contributed by atoms with van der Waals surface area (Å²) < 4.78 is 12.1. The highest BCUT2D eigenvalue weighted by Crippen LogP contribution is 2.21. The second-order valence-electron chi connectivity index (χ2n) is 5.69. The zero-order valence-corrected chi connectivity index (χ0v) is 17.9. The standard InChI is InChI=1S/C18H25BrN4O2S/c1-13(24-4)17-22-15(12-26-17)11-23(3)18(20-2)21-9-10-25-16-7-5-14(19)6-8-16/h5-8,12-13H,9-11H2,1-4H3,(H,20,21). The lowest BCUT2D eigenvalue weighted by Gasteiger charge is -2.21. The van der Waals surface area contributed by atoms with E-state index in [1.165, 1.54) is 0 Å². The van der Waals surface area contributed by atoms with Gasteiger partial charge in [-0.2, -0.15) is 0 Å². The Labute approximate surface area is 167 Å². The number of thiazole rings is 1. The highest BCUT2D eigenvalue weighted by molar-refractivity contribution is 9.10. The van der Waals surface area contributed by atoms with Gasteiger partial charge in [-0.15, -0.1) is 11.3 Å². The molecule has 1 aromatic carbocycles. The lowest BCUT2D eigenvalue weighted by Crippen LogP contribution is -2.40. The van der Waals surface area contributed by atoms with Gasteiger partial charge in [-0.3, -0.25) is 4.99 Å². The van der Waals surface area contributed by atoms with Gasteiger partial charge in [0.1, 0.15) is 23.5 Å². The monoisotopic (exact) mass is 440 g/mol. The molecule has 1 heterocycles. The van der Waals surface area contributed by atoms with E-state index in [1.54, 1.807) is 25.5 Å². The van der Waals surface area contributed by atoms with E-state index in [0.717, 1.165) is 26.9 Å². The van der Waals surface area contributed by atoms with Crippen LogP contribution in [-0.2, 0) is 11.3 Å². The molecular weight excluding hydrogens is 416 g/mol. The fourth-order valence-electron chi connectivity index (χ4n) is 2.25. The van der Waals surface area contributed by atoms with Gasteiger partial charge in [-0.25, -0.2) is 4.98 Å². The molecule has 0 bridgehead atoms. The van der Waals surface area contributed by atoms with Crippen molar-refractivity contribution in [3.63, 3.8) is 0 Å². The second kappa shape index (κ2) is 10.5. The molecule has 8 heteroatoms. The molecule has 0 saturated carbocycles. The van der Waals surface area contributed by atoms with Crippen LogP contribution in [0.3, 0.4) is 0 Å². The van der Waals surface area contributed by atoms with Gasteiger partial charge >= 0.3 is 0 Å². The molecule has 6 nitrogen and oxygen atoms in total. The minimum Gasteiger partial charge on any atom is -0.492 e. The number of aliphatic imine (C=N–C) groups is 1. The number of rotatable bonds is 8. The molecule has 1 unspecified atom stereocenters. The van der Waals surface area contributed by atoms with Gasteiger partial charge in [0.15, 0.2) is 5.96 Å². The first-order chi connectivity index (χ1) is 12.5. The highest BCUT2D eigenvalue weighted by Gasteiger charge is 2.12. The number of nitrogens with zero attached hydrogens (tertiary/aromatic N) is 3. The smallest absolute Gasteiger partial charge is 0.193 e. The number of methoxy groups -OCH3 is 1. The molecule has 2 aromatic rings. The van der Waals surface area contributed by atoms with Crippen molar-refractivity contribution in [2.24, 2.45) is 4.99 Å². The molecule has 0 aliphatic rings. The van der Waals surface area contributed by atoms with Gasteiger partial charge in [0.2, 0.25) is 0 Å². The molecule has 1 aromatic heterocycles. The summed E-state index contributed by atoms with van der Waals surface area (Å²) >= 11 is 5.03. The van der Waals surface area contributed by atoms with Crippen molar-refractivity contribution in [1.29, 1.82) is 0 Å². The first-order valence-corrected chi connectivity index (χ1v) is 9.98. The summed E-state index contributed by atoms with van der Waals surface area (Å²) in [4.78, 5) is 11.0. The zero-order valence-electron chi connectivity index (χ0n) is 15.5. The van der Waals surface area contributed by atoms with Crippen LogP contribution in [0.2, 0.25) is 0 Å². The van der Waals surface area contributed by atoms with Crippen molar-refractivity contribution in [3.8, 4) is 5.75 Å². The van der Waals surface area contributed by atoms with Gasteiger partial charge in [0.25, 0.3) is 0 Å². The largest absolute Gasteiger partial charge is 0.492 e. The van der Waals surface area contributed by atoms with Crippen molar-refractivity contribution < 1.29 is 9.47 Å². The predicted molar refractivity (Wildman–Crippen MR) is 110 cm³/mol. The molecular formula is C18H25BrN4O2S. The van der Waals surface area contributed by atoms with Crippen molar-refractivity contribution in [2.45, 2.75) is 19.6 Å². The fraction of sp³-hybridized carbons (Fsp3) is 0.444. The Kier molecular flexibility index (Phi) is 8.34. The van der Waals surface area contributed by atoms with E-state index in [4.69, 9.17) is 9.47 Å². The minimum absolute atomic E-state index is 0.0206. The van der Waals surface area contributed by atoms with Crippen LogP contribution in [0.1, 0.15) is 23.7 Å². The van der Waals surface area contributed by atoms with E-state index < -0.39 is 0 Å². The quantitative estimate of drug-likeness (QED) is 0.385. The molecule has 1 atom stereocenters. The van der Waals surface area contributed by atoms with Gasteiger partial charge in [0, 0.05) is 31.1 Å². The van der Waals surface area contributed by atoms with Crippen LogP contribution < -0.4 is 10.1 Å². The highest BCUT2D eigenvalue weighted by atomic mass is 79.9. The van der Waals surface area contributed by atoms with E-state index in [9.17, 15) is 0 Å². The Bertz CT molecular complexity index is 705. The summed E-state index contributed by atoms with van der Waals surface area (Å²) in [6.45, 7) is 3.90. The summed E-state index contributed by atoms with van der Waals surface area (Å²) in [5, 5.41) is 6.35. The number of guanidine groups is 1. The zero-order chi connectivity index (χ0) is 18.9. The second-order valence-corrected chi connectivity index (χ2v) is 7.49. The van der Waals surface area contributed by atoms with Gasteiger partial charge in [-0.1, -0.05) is 15.9 Å². The van der Waals surface area contributed by atoms with Crippen molar-refractivity contribution in [3.05, 3.63) is 44.8 Å². The molecule has 0 saturated heterocycles. The van der Waals surface area contributed by atoms with Crippen LogP contribution >= 0.6 is 27.3 Å². The van der Waals surface area contributed by atoms with Crippen molar-refractivity contribution >= 4 is 33.2 Å². The number of hydrogen-bond acceptors (Lipinski definition) is 5. The number of hydrogen-bond donors (Lipinski definition) is 1. The number of aromatic nitrogens is 1. The van der Waals surface area contributed by atoms with E-state index in [2.05, 4.69) is 36.6 Å². The third kappa shape index (κ3) is 6.26. The maximum Gasteiger partial charge on any atom is 0.193 e. The van der Waals surface area contributed by atoms with Crippen molar-refractivity contribution in [1.82, 2.24) is 15.2 Å². The predicted octanol–water partition coefficient (Wildman–Crippen LogP) is 3.70. The van der Waals surface area contributed by atoms with Crippen LogP contribution in [0.4, 0.5) is 0 Å². The van der Waals surface area contributed by atoms with E-state index in [-0.39, 0.29) is 6.10 Å². The van der Waals surface area contributed by atoms with Crippen LogP contribution in [0, 0.1) is 0 Å². The SMILES string of the molecule is CN=C(NCCOc1ccc(Br)cc1)N(C)Cc1csc(C(C)OC)n1. The van der Waals surface area contributed by atoms with Crippen LogP contribution in [0.15, 0.2) is 39.1 Å². The molecule has 0 radical (unpaired) electrons. The molecule has 142 valence electrons. The molecule has 0 fully saturated rings. The van der Waals surface area contributed by atoms with Crippen LogP contribution in [-0.4, -0.2) is 50.2 Å². The first-order valence-electron chi connectivity index (χ1n) is 8.30. The van der Waals surface area contributed by atoms with Crippen molar-refractivity contribution in [2.75, 3.05) is 34.4 Å². The molecule has 0 spiro atoms. The topological polar surface area (TPSA) is 59.0 Å². The third-order valence-corrected chi connectivity index (χ3v) is 5.29. The minimum atomic E-state index is 0.0206. The average molecular weight is 441 g/mol. The Balaban J connectivity index is 1.78. The Morgan fingerprint density at radius 3 is 2.77 bits per heavy atom. The average Bonchev–Trinajstić information content (AvgIpc) is 3.11. The molecule has 0 amide bonds. The van der Waals surface area contributed by atoms with Gasteiger partial charge in [0.05, 0.1) is 18.8 Å². The molecule has 1 N–H and O–H groups in total. The normalized spacial score (nSPS) is 12.7. The van der Waals surface area contributed by atoms with E-state index in [1.807, 2.05) is 43.1 Å². The molecule has 0 aliphatic carbocycles. The third-order valence-electron chi connectivity index (χ3n) is 3.71. The summed E-state index contributed by atoms with van der Waals surface area (Å²) in [5.74, 6) is 1.65. The Morgan fingerprint density at radius 2 is 2.12 bits per heavy atom. The van der Waals surface area contributed by atoms with Crippen LogP contribution in [0.25, 0.3) is 0 Å². The summed E-state index contributed by atoms with van der Waals surface area (Å²) in [7, 11) is 5.46. The van der Waals surface area contributed by atoms with Gasteiger partial charge < -0.3 is 19.7 Å². The first kappa shape index (κ1) is 20.7. The Morgan fingerprint density at radius 1 is 1.38 bits per heavy atom.